The zero-order valence-electron chi connectivity index (χ0n) is 15.9. The maximum absolute atomic E-state index is 9.27. The molecule has 6 heteroatoms. The summed E-state index contributed by atoms with van der Waals surface area (Å²) >= 11 is 1.92. The van der Waals surface area contributed by atoms with Gasteiger partial charge in [0.15, 0.2) is 5.96 Å². The lowest BCUT2D eigenvalue weighted by molar-refractivity contribution is 0.0794. The molecule has 1 rings (SSSR count). The third-order valence-corrected chi connectivity index (χ3v) is 6.01. The lowest BCUT2D eigenvalue weighted by Crippen LogP contribution is -2.42. The summed E-state index contributed by atoms with van der Waals surface area (Å²) in [5.41, 5.74) is 0. The highest BCUT2D eigenvalue weighted by molar-refractivity contribution is 8.00. The highest BCUT2D eigenvalue weighted by atomic mass is 32.2. The fourth-order valence-electron chi connectivity index (χ4n) is 3.13. The molecule has 1 atom stereocenters. The van der Waals surface area contributed by atoms with Crippen LogP contribution in [0.4, 0.5) is 0 Å². The zero-order valence-corrected chi connectivity index (χ0v) is 16.8. The topological polar surface area (TPSA) is 65.9 Å². The standard InChI is InChI=1S/C18H37N3O2S/c1-5-19-17(20-13-16(6-9-22)12-15(2)3)21-14-18(24-4)7-10-23-11-8-18/h15-16,22H,5-14H2,1-4H3,(H2,19,20,21). The predicted molar refractivity (Wildman–Crippen MR) is 105 cm³/mol. The first-order valence-corrected chi connectivity index (χ1v) is 10.5. The Morgan fingerprint density at radius 3 is 2.54 bits per heavy atom. The molecule has 1 heterocycles. The average molecular weight is 360 g/mol. The van der Waals surface area contributed by atoms with Crippen LogP contribution in [0.3, 0.4) is 0 Å². The van der Waals surface area contributed by atoms with Crippen LogP contribution in [0.15, 0.2) is 4.99 Å². The largest absolute Gasteiger partial charge is 0.396 e. The van der Waals surface area contributed by atoms with Gasteiger partial charge in [-0.3, -0.25) is 4.99 Å². The number of aliphatic hydroxyl groups is 1. The van der Waals surface area contributed by atoms with Crippen LogP contribution in [0, 0.1) is 11.8 Å². The van der Waals surface area contributed by atoms with Crippen molar-refractivity contribution in [1.29, 1.82) is 0 Å². The molecular weight excluding hydrogens is 322 g/mol. The normalized spacial score (nSPS) is 19.3. The summed E-state index contributed by atoms with van der Waals surface area (Å²) in [7, 11) is 0. The van der Waals surface area contributed by atoms with E-state index in [0.29, 0.717) is 11.8 Å². The monoisotopic (exact) mass is 359 g/mol. The second-order valence-electron chi connectivity index (χ2n) is 7.08. The van der Waals surface area contributed by atoms with Crippen molar-refractivity contribution < 1.29 is 9.84 Å². The molecule has 0 aromatic rings. The Morgan fingerprint density at radius 2 is 2.00 bits per heavy atom. The van der Waals surface area contributed by atoms with Crippen molar-refractivity contribution in [2.24, 2.45) is 16.8 Å². The smallest absolute Gasteiger partial charge is 0.191 e. The molecule has 1 aliphatic rings. The summed E-state index contributed by atoms with van der Waals surface area (Å²) in [6.45, 7) is 11.0. The van der Waals surface area contributed by atoms with Crippen LogP contribution in [0.2, 0.25) is 0 Å². The fraction of sp³-hybridized carbons (Fsp3) is 0.944. The lowest BCUT2D eigenvalue weighted by Gasteiger charge is -2.34. The van der Waals surface area contributed by atoms with E-state index in [4.69, 9.17) is 9.73 Å². The van der Waals surface area contributed by atoms with Crippen LogP contribution in [0.5, 0.6) is 0 Å². The van der Waals surface area contributed by atoms with Crippen molar-refractivity contribution in [3.8, 4) is 0 Å². The summed E-state index contributed by atoms with van der Waals surface area (Å²) in [5.74, 6) is 2.02. The van der Waals surface area contributed by atoms with Gasteiger partial charge in [0.05, 0.1) is 6.54 Å². The third kappa shape index (κ3) is 8.08. The summed E-state index contributed by atoms with van der Waals surface area (Å²) in [4.78, 5) is 4.85. The molecule has 3 N–H and O–H groups in total. The minimum atomic E-state index is 0.211. The van der Waals surface area contributed by atoms with Gasteiger partial charge in [0.25, 0.3) is 0 Å². The predicted octanol–water partition coefficient (Wildman–Crippen LogP) is 2.50. The Bertz CT molecular complexity index is 358. The van der Waals surface area contributed by atoms with E-state index < -0.39 is 0 Å². The van der Waals surface area contributed by atoms with Crippen molar-refractivity contribution in [3.05, 3.63) is 0 Å². The van der Waals surface area contributed by atoms with Gasteiger partial charge in [0, 0.05) is 37.7 Å². The molecule has 24 heavy (non-hydrogen) atoms. The second-order valence-corrected chi connectivity index (χ2v) is 8.36. The molecule has 1 saturated heterocycles. The number of aliphatic hydroxyl groups excluding tert-OH is 1. The first kappa shape index (κ1) is 21.6. The van der Waals surface area contributed by atoms with Crippen molar-refractivity contribution in [2.75, 3.05) is 45.7 Å². The minimum Gasteiger partial charge on any atom is -0.396 e. The SMILES string of the molecule is CCNC(=NCC1(SC)CCOCC1)NCC(CCO)CC(C)C. The van der Waals surface area contributed by atoms with Crippen LogP contribution in [-0.2, 0) is 4.74 Å². The summed E-state index contributed by atoms with van der Waals surface area (Å²) in [6, 6.07) is 0. The summed E-state index contributed by atoms with van der Waals surface area (Å²) in [5, 5.41) is 16.1. The average Bonchev–Trinajstić information content (AvgIpc) is 2.57. The molecule has 0 amide bonds. The Balaban J connectivity index is 2.60. The van der Waals surface area contributed by atoms with Gasteiger partial charge in [-0.05, 0) is 50.7 Å². The third-order valence-electron chi connectivity index (χ3n) is 4.61. The highest BCUT2D eigenvalue weighted by Crippen LogP contribution is 2.33. The minimum absolute atomic E-state index is 0.211. The number of rotatable bonds is 10. The molecule has 5 nitrogen and oxygen atoms in total. The van der Waals surface area contributed by atoms with Gasteiger partial charge in [-0.15, -0.1) is 0 Å². The number of nitrogens with zero attached hydrogens (tertiary/aromatic N) is 1. The molecule has 0 aromatic heterocycles. The van der Waals surface area contributed by atoms with E-state index in [9.17, 15) is 5.11 Å². The van der Waals surface area contributed by atoms with Crippen LogP contribution >= 0.6 is 11.8 Å². The Labute approximate surface area is 152 Å². The molecule has 0 bridgehead atoms. The summed E-state index contributed by atoms with van der Waals surface area (Å²) < 4.78 is 5.72. The van der Waals surface area contributed by atoms with Gasteiger partial charge >= 0.3 is 0 Å². The number of aliphatic imine (C=N–C) groups is 1. The van der Waals surface area contributed by atoms with Crippen LogP contribution in [0.25, 0.3) is 0 Å². The van der Waals surface area contributed by atoms with Gasteiger partial charge in [-0.1, -0.05) is 13.8 Å². The number of guanidine groups is 1. The highest BCUT2D eigenvalue weighted by Gasteiger charge is 2.31. The van der Waals surface area contributed by atoms with Gasteiger partial charge in [-0.2, -0.15) is 11.8 Å². The maximum atomic E-state index is 9.27. The van der Waals surface area contributed by atoms with Crippen LogP contribution in [-0.4, -0.2) is 61.5 Å². The second kappa shape index (κ2) is 12.0. The Morgan fingerprint density at radius 1 is 1.29 bits per heavy atom. The van der Waals surface area contributed by atoms with Gasteiger partial charge in [-0.25, -0.2) is 0 Å². The molecule has 1 aliphatic heterocycles. The maximum Gasteiger partial charge on any atom is 0.191 e. The van der Waals surface area contributed by atoms with E-state index in [1.165, 1.54) is 0 Å². The van der Waals surface area contributed by atoms with E-state index >= 15 is 0 Å². The van der Waals surface area contributed by atoms with E-state index in [-0.39, 0.29) is 11.4 Å². The molecule has 142 valence electrons. The quantitative estimate of drug-likeness (QED) is 0.413. The van der Waals surface area contributed by atoms with Crippen molar-refractivity contribution in [3.63, 3.8) is 0 Å². The van der Waals surface area contributed by atoms with E-state index in [2.05, 4.69) is 37.7 Å². The Hall–Kier alpha value is -0.460. The molecule has 0 aromatic carbocycles. The van der Waals surface area contributed by atoms with Crippen molar-refractivity contribution in [1.82, 2.24) is 10.6 Å². The number of thioether (sulfide) groups is 1. The Kier molecular flexibility index (Phi) is 10.8. The number of nitrogens with one attached hydrogen (secondary N) is 2. The molecule has 0 spiro atoms. The molecule has 1 unspecified atom stereocenters. The van der Waals surface area contributed by atoms with Gasteiger partial charge in [0.1, 0.15) is 0 Å². The summed E-state index contributed by atoms with van der Waals surface area (Å²) in [6.07, 6.45) is 6.28. The van der Waals surface area contributed by atoms with Crippen molar-refractivity contribution in [2.45, 2.75) is 51.2 Å². The molecule has 1 fully saturated rings. The molecular formula is C18H37N3O2S. The van der Waals surface area contributed by atoms with Gasteiger partial charge in [0.2, 0.25) is 0 Å². The first-order valence-electron chi connectivity index (χ1n) is 9.31. The lowest BCUT2D eigenvalue weighted by atomic mass is 9.94. The molecule has 0 saturated carbocycles. The number of hydrogen-bond donors (Lipinski definition) is 3. The number of hydrogen-bond acceptors (Lipinski definition) is 4. The van der Waals surface area contributed by atoms with Crippen molar-refractivity contribution >= 4 is 17.7 Å². The molecule has 0 radical (unpaired) electrons. The number of ether oxygens (including phenoxy) is 1. The van der Waals surface area contributed by atoms with Gasteiger partial charge < -0.3 is 20.5 Å². The van der Waals surface area contributed by atoms with Crippen LogP contribution < -0.4 is 10.6 Å². The zero-order chi connectivity index (χ0) is 17.8. The molecule has 0 aliphatic carbocycles. The van der Waals surface area contributed by atoms with E-state index in [1.807, 2.05) is 11.8 Å². The fourth-order valence-corrected chi connectivity index (χ4v) is 3.90. The van der Waals surface area contributed by atoms with E-state index in [1.54, 1.807) is 0 Å². The van der Waals surface area contributed by atoms with E-state index in [0.717, 1.165) is 64.5 Å². The van der Waals surface area contributed by atoms with Crippen LogP contribution in [0.1, 0.15) is 46.5 Å². The first-order chi connectivity index (χ1) is 11.5.